The van der Waals surface area contributed by atoms with E-state index >= 15 is 0 Å². The molecule has 0 saturated heterocycles. The minimum Gasteiger partial charge on any atom is -0.409 e. The second-order valence-electron chi connectivity index (χ2n) is 2.33. The largest absolute Gasteiger partial charge is 0.409 e. The fourth-order valence-corrected chi connectivity index (χ4v) is 1.44. The van der Waals surface area contributed by atoms with Crippen LogP contribution in [0.4, 0.5) is 0 Å². The van der Waals surface area contributed by atoms with Crippen LogP contribution in [-0.2, 0) is 0 Å². The maximum Gasteiger partial charge on any atom is 0.152 e. The molecule has 1 aromatic rings. The second kappa shape index (κ2) is 4.66. The first-order chi connectivity index (χ1) is 6.24. The lowest BCUT2D eigenvalue weighted by Crippen LogP contribution is -2.23. The van der Waals surface area contributed by atoms with Crippen molar-refractivity contribution in [2.45, 2.75) is 17.2 Å². The van der Waals surface area contributed by atoms with E-state index in [1.165, 1.54) is 11.8 Å². The number of amidine groups is 1. The molecule has 0 aromatic carbocycles. The van der Waals surface area contributed by atoms with Crippen molar-refractivity contribution in [1.82, 2.24) is 9.97 Å². The lowest BCUT2D eigenvalue weighted by atomic mass is 10.4. The Morgan fingerprint density at radius 3 is 3.00 bits per heavy atom. The van der Waals surface area contributed by atoms with Gasteiger partial charge in [-0.2, -0.15) is 0 Å². The molecule has 0 radical (unpaired) electrons. The van der Waals surface area contributed by atoms with E-state index < -0.39 is 0 Å². The summed E-state index contributed by atoms with van der Waals surface area (Å²) in [6.07, 6.45) is 4.82. The van der Waals surface area contributed by atoms with E-state index in [-0.39, 0.29) is 11.1 Å². The number of oxime groups is 1. The summed E-state index contributed by atoms with van der Waals surface area (Å²) >= 11 is 1.39. The van der Waals surface area contributed by atoms with Crippen molar-refractivity contribution in [3.05, 3.63) is 18.6 Å². The first-order valence-electron chi connectivity index (χ1n) is 3.64. The molecule has 1 heterocycles. The average Bonchev–Trinajstić information content (AvgIpc) is 2.18. The summed E-state index contributed by atoms with van der Waals surface area (Å²) in [6, 6.07) is 0. The Morgan fingerprint density at radius 2 is 2.46 bits per heavy atom. The first-order valence-corrected chi connectivity index (χ1v) is 4.52. The fraction of sp³-hybridized carbons (Fsp3) is 0.286. The van der Waals surface area contributed by atoms with Gasteiger partial charge in [-0.25, -0.2) is 4.98 Å². The molecule has 1 aromatic heterocycles. The van der Waals surface area contributed by atoms with Crippen LogP contribution in [-0.4, -0.2) is 26.3 Å². The van der Waals surface area contributed by atoms with E-state index in [0.717, 1.165) is 5.03 Å². The maximum absolute atomic E-state index is 8.40. The van der Waals surface area contributed by atoms with Crippen molar-refractivity contribution >= 4 is 17.6 Å². The Kier molecular flexibility index (Phi) is 3.51. The van der Waals surface area contributed by atoms with Crippen LogP contribution in [0.5, 0.6) is 0 Å². The third-order valence-electron chi connectivity index (χ3n) is 1.37. The van der Waals surface area contributed by atoms with E-state index in [0.29, 0.717) is 0 Å². The number of rotatable bonds is 3. The smallest absolute Gasteiger partial charge is 0.152 e. The molecule has 13 heavy (non-hydrogen) atoms. The van der Waals surface area contributed by atoms with Gasteiger partial charge in [0.05, 0.1) is 11.4 Å². The van der Waals surface area contributed by atoms with Crippen molar-refractivity contribution < 1.29 is 5.21 Å². The lowest BCUT2D eigenvalue weighted by Gasteiger charge is -2.06. The van der Waals surface area contributed by atoms with Gasteiger partial charge in [0.15, 0.2) is 5.84 Å². The molecule has 0 aliphatic heterocycles. The van der Waals surface area contributed by atoms with Gasteiger partial charge >= 0.3 is 0 Å². The molecule has 6 heteroatoms. The molecule has 1 rings (SSSR count). The second-order valence-corrected chi connectivity index (χ2v) is 3.69. The van der Waals surface area contributed by atoms with Crippen LogP contribution in [0.3, 0.4) is 0 Å². The average molecular weight is 198 g/mol. The predicted molar refractivity (Wildman–Crippen MR) is 50.8 cm³/mol. The van der Waals surface area contributed by atoms with E-state index in [2.05, 4.69) is 15.1 Å². The number of nitrogens with two attached hydrogens (primary N) is 1. The molecule has 0 aliphatic carbocycles. The van der Waals surface area contributed by atoms with Gasteiger partial charge in [-0.1, -0.05) is 16.9 Å². The van der Waals surface area contributed by atoms with E-state index in [1.54, 1.807) is 18.6 Å². The number of hydrogen-bond acceptors (Lipinski definition) is 5. The summed E-state index contributed by atoms with van der Waals surface area (Å²) in [4.78, 5) is 7.94. The van der Waals surface area contributed by atoms with Crippen LogP contribution in [0, 0.1) is 0 Å². The zero-order valence-electron chi connectivity index (χ0n) is 7.08. The topological polar surface area (TPSA) is 84.4 Å². The van der Waals surface area contributed by atoms with Gasteiger partial charge in [0, 0.05) is 12.4 Å². The van der Waals surface area contributed by atoms with E-state index in [9.17, 15) is 0 Å². The predicted octanol–water partition coefficient (Wildman–Crippen LogP) is 0.704. The summed E-state index contributed by atoms with van der Waals surface area (Å²) in [7, 11) is 0. The molecule has 0 aliphatic rings. The highest BCUT2D eigenvalue weighted by molar-refractivity contribution is 8.00. The summed E-state index contributed by atoms with van der Waals surface area (Å²) < 4.78 is 0. The number of thioether (sulfide) groups is 1. The zero-order chi connectivity index (χ0) is 9.68. The summed E-state index contributed by atoms with van der Waals surface area (Å²) in [6.45, 7) is 1.83. The monoisotopic (exact) mass is 198 g/mol. The minimum atomic E-state index is -0.110. The van der Waals surface area contributed by atoms with Crippen molar-refractivity contribution in [3.8, 4) is 0 Å². The Bertz CT molecular complexity index is 290. The molecular weight excluding hydrogens is 188 g/mol. The van der Waals surface area contributed by atoms with Gasteiger partial charge in [0.2, 0.25) is 0 Å². The van der Waals surface area contributed by atoms with Crippen LogP contribution in [0.1, 0.15) is 6.92 Å². The zero-order valence-corrected chi connectivity index (χ0v) is 7.90. The molecule has 1 atom stereocenters. The molecular formula is C7H10N4OS. The first kappa shape index (κ1) is 9.79. The number of aromatic nitrogens is 2. The maximum atomic E-state index is 8.40. The van der Waals surface area contributed by atoms with Crippen LogP contribution in [0.15, 0.2) is 28.8 Å². The molecule has 5 nitrogen and oxygen atoms in total. The van der Waals surface area contributed by atoms with Gasteiger partial charge < -0.3 is 10.9 Å². The molecule has 1 unspecified atom stereocenters. The van der Waals surface area contributed by atoms with Crippen LogP contribution >= 0.6 is 11.8 Å². The Morgan fingerprint density at radius 1 is 1.69 bits per heavy atom. The van der Waals surface area contributed by atoms with E-state index in [4.69, 9.17) is 10.9 Å². The quantitative estimate of drug-likeness (QED) is 0.245. The van der Waals surface area contributed by atoms with Gasteiger partial charge in [0.25, 0.3) is 0 Å². The fourth-order valence-electron chi connectivity index (χ4n) is 0.669. The highest BCUT2D eigenvalue weighted by atomic mass is 32.2. The van der Waals surface area contributed by atoms with Crippen molar-refractivity contribution in [3.63, 3.8) is 0 Å². The molecule has 0 amide bonds. The summed E-state index contributed by atoms with van der Waals surface area (Å²) in [5.74, 6) is 0.177. The third-order valence-corrected chi connectivity index (χ3v) is 2.42. The summed E-state index contributed by atoms with van der Waals surface area (Å²) in [5, 5.41) is 11.9. The lowest BCUT2D eigenvalue weighted by molar-refractivity contribution is 0.317. The standard InChI is InChI=1S/C7H10N4OS/c1-5(7(8)11-12)13-6-4-9-2-3-10-6/h2-5,12H,1H3,(H2,8,11). The molecule has 0 spiro atoms. The van der Waals surface area contributed by atoms with Crippen molar-refractivity contribution in [2.75, 3.05) is 0 Å². The highest BCUT2D eigenvalue weighted by Crippen LogP contribution is 2.19. The van der Waals surface area contributed by atoms with Crippen LogP contribution in [0.2, 0.25) is 0 Å². The Balaban J connectivity index is 2.60. The van der Waals surface area contributed by atoms with Crippen molar-refractivity contribution in [1.29, 1.82) is 0 Å². The minimum absolute atomic E-state index is 0.110. The molecule has 70 valence electrons. The van der Waals surface area contributed by atoms with Crippen LogP contribution in [0.25, 0.3) is 0 Å². The SMILES string of the molecule is CC(Sc1cnccn1)C(N)=NO. The molecule has 0 bridgehead atoms. The van der Waals surface area contributed by atoms with Gasteiger partial charge in [-0.3, -0.25) is 4.98 Å². The molecule has 3 N–H and O–H groups in total. The Hall–Kier alpha value is -1.30. The summed E-state index contributed by atoms with van der Waals surface area (Å²) in [5.41, 5.74) is 5.40. The van der Waals surface area contributed by atoms with Gasteiger partial charge in [-0.15, -0.1) is 0 Å². The van der Waals surface area contributed by atoms with E-state index in [1.807, 2.05) is 6.92 Å². The molecule has 0 saturated carbocycles. The third kappa shape index (κ3) is 2.90. The van der Waals surface area contributed by atoms with Gasteiger partial charge in [0.1, 0.15) is 5.03 Å². The molecule has 0 fully saturated rings. The van der Waals surface area contributed by atoms with Gasteiger partial charge in [-0.05, 0) is 6.92 Å². The van der Waals surface area contributed by atoms with Crippen LogP contribution < -0.4 is 5.73 Å². The Labute approximate surface area is 80.1 Å². The van der Waals surface area contributed by atoms with Crippen molar-refractivity contribution in [2.24, 2.45) is 10.9 Å². The number of nitrogens with zero attached hydrogens (tertiary/aromatic N) is 3. The number of hydrogen-bond donors (Lipinski definition) is 2. The normalized spacial score (nSPS) is 14.1. The highest BCUT2D eigenvalue weighted by Gasteiger charge is 2.09.